The largest absolute Gasteiger partial charge is 0.480 e. The zero-order valence-corrected chi connectivity index (χ0v) is 10.2. The van der Waals surface area contributed by atoms with E-state index in [0.717, 1.165) is 0 Å². The maximum atomic E-state index is 11.8. The number of nitrogens with zero attached hydrogens (tertiary/aromatic N) is 2. The standard InChI is InChI=1S/C11H16N2O4/c1-4-17-6-5-8(14)10-11(16-3)13-9(15-2)7-12-10/h7H,4-6H2,1-3H3. The predicted octanol–water partition coefficient (Wildman–Crippen LogP) is 1.10. The van der Waals surface area contributed by atoms with E-state index in [0.29, 0.717) is 19.1 Å². The Morgan fingerprint density at radius 1 is 1.35 bits per heavy atom. The number of hydrogen-bond acceptors (Lipinski definition) is 6. The highest BCUT2D eigenvalue weighted by atomic mass is 16.5. The number of carbonyl (C=O) groups is 1. The summed E-state index contributed by atoms with van der Waals surface area (Å²) in [5.74, 6) is 0.319. The first-order valence-corrected chi connectivity index (χ1v) is 5.28. The molecule has 1 rings (SSSR count). The Morgan fingerprint density at radius 2 is 2.12 bits per heavy atom. The van der Waals surface area contributed by atoms with Crippen LogP contribution in [0, 0.1) is 0 Å². The molecule has 0 bridgehead atoms. The summed E-state index contributed by atoms with van der Waals surface area (Å²) in [5.41, 5.74) is 0.202. The van der Waals surface area contributed by atoms with Crippen LogP contribution in [0.5, 0.6) is 11.8 Å². The average molecular weight is 240 g/mol. The van der Waals surface area contributed by atoms with Crippen LogP contribution in [0.15, 0.2) is 6.20 Å². The van der Waals surface area contributed by atoms with Gasteiger partial charge in [-0.25, -0.2) is 4.98 Å². The SMILES string of the molecule is CCOCCC(=O)c1ncc(OC)nc1OC. The van der Waals surface area contributed by atoms with Crippen LogP contribution in [0.25, 0.3) is 0 Å². The monoisotopic (exact) mass is 240 g/mol. The van der Waals surface area contributed by atoms with Crippen LogP contribution in [0.1, 0.15) is 23.8 Å². The van der Waals surface area contributed by atoms with Gasteiger partial charge in [0.05, 0.1) is 27.0 Å². The van der Waals surface area contributed by atoms with E-state index in [1.54, 1.807) is 0 Å². The molecule has 0 fully saturated rings. The van der Waals surface area contributed by atoms with Crippen molar-refractivity contribution >= 4 is 5.78 Å². The molecule has 0 amide bonds. The van der Waals surface area contributed by atoms with E-state index >= 15 is 0 Å². The highest BCUT2D eigenvalue weighted by Crippen LogP contribution is 2.18. The van der Waals surface area contributed by atoms with Gasteiger partial charge in [-0.2, -0.15) is 4.98 Å². The first kappa shape index (κ1) is 13.4. The van der Waals surface area contributed by atoms with Gasteiger partial charge in [-0.05, 0) is 6.92 Å². The maximum Gasteiger partial charge on any atom is 0.246 e. The summed E-state index contributed by atoms with van der Waals surface area (Å²) in [6, 6.07) is 0. The fourth-order valence-electron chi connectivity index (χ4n) is 1.22. The third-order valence-corrected chi connectivity index (χ3v) is 2.06. The molecule has 0 N–H and O–H groups in total. The van der Waals surface area contributed by atoms with E-state index < -0.39 is 0 Å². The van der Waals surface area contributed by atoms with Gasteiger partial charge in [0.1, 0.15) is 0 Å². The lowest BCUT2D eigenvalue weighted by Crippen LogP contribution is -2.10. The van der Waals surface area contributed by atoms with Crippen LogP contribution in [0.3, 0.4) is 0 Å². The highest BCUT2D eigenvalue weighted by Gasteiger charge is 2.16. The fraction of sp³-hybridized carbons (Fsp3) is 0.545. The van der Waals surface area contributed by atoms with Crippen LogP contribution >= 0.6 is 0 Å². The molecule has 0 aromatic carbocycles. The zero-order valence-electron chi connectivity index (χ0n) is 10.2. The molecule has 1 heterocycles. The minimum absolute atomic E-state index is 0.162. The van der Waals surface area contributed by atoms with Gasteiger partial charge in [0.25, 0.3) is 0 Å². The number of aromatic nitrogens is 2. The van der Waals surface area contributed by atoms with E-state index in [4.69, 9.17) is 14.2 Å². The molecule has 0 atom stereocenters. The van der Waals surface area contributed by atoms with Gasteiger partial charge in [-0.1, -0.05) is 0 Å². The van der Waals surface area contributed by atoms with Crippen LogP contribution < -0.4 is 9.47 Å². The summed E-state index contributed by atoms with van der Waals surface area (Å²) >= 11 is 0. The van der Waals surface area contributed by atoms with E-state index in [2.05, 4.69) is 9.97 Å². The summed E-state index contributed by atoms with van der Waals surface area (Å²) < 4.78 is 15.0. The Morgan fingerprint density at radius 3 is 2.71 bits per heavy atom. The van der Waals surface area contributed by atoms with Crippen molar-refractivity contribution in [3.8, 4) is 11.8 Å². The molecule has 0 saturated heterocycles. The van der Waals surface area contributed by atoms with Gasteiger partial charge in [0, 0.05) is 13.0 Å². The van der Waals surface area contributed by atoms with Crippen LogP contribution in [-0.2, 0) is 4.74 Å². The first-order chi connectivity index (χ1) is 8.22. The van der Waals surface area contributed by atoms with Gasteiger partial charge in [-0.15, -0.1) is 0 Å². The lowest BCUT2D eigenvalue weighted by molar-refractivity contribution is 0.0887. The summed E-state index contributed by atoms with van der Waals surface area (Å²) in [7, 11) is 2.91. The van der Waals surface area contributed by atoms with Crippen molar-refractivity contribution in [3.63, 3.8) is 0 Å². The Labute approximate surface area is 99.9 Å². The molecule has 6 heteroatoms. The number of ketones is 1. The Bertz CT molecular complexity index is 382. The van der Waals surface area contributed by atoms with Crippen molar-refractivity contribution in [2.24, 2.45) is 0 Å². The number of methoxy groups -OCH3 is 2. The second-order valence-corrected chi connectivity index (χ2v) is 3.14. The van der Waals surface area contributed by atoms with Gasteiger partial charge in [0.15, 0.2) is 11.5 Å². The van der Waals surface area contributed by atoms with Crippen LogP contribution in [0.4, 0.5) is 0 Å². The van der Waals surface area contributed by atoms with E-state index in [9.17, 15) is 4.79 Å². The third-order valence-electron chi connectivity index (χ3n) is 2.06. The molecule has 0 unspecified atom stereocenters. The molecule has 0 aliphatic rings. The smallest absolute Gasteiger partial charge is 0.246 e. The van der Waals surface area contributed by atoms with Gasteiger partial charge < -0.3 is 14.2 Å². The number of carbonyl (C=O) groups excluding carboxylic acids is 1. The Hall–Kier alpha value is -1.69. The van der Waals surface area contributed by atoms with Crippen molar-refractivity contribution in [3.05, 3.63) is 11.9 Å². The molecular weight excluding hydrogens is 224 g/mol. The first-order valence-electron chi connectivity index (χ1n) is 5.28. The molecule has 0 aliphatic heterocycles. The summed E-state index contributed by atoms with van der Waals surface area (Å²) in [6.07, 6.45) is 1.64. The Balaban J connectivity index is 2.78. The van der Waals surface area contributed by atoms with Crippen molar-refractivity contribution in [2.75, 3.05) is 27.4 Å². The lowest BCUT2D eigenvalue weighted by Gasteiger charge is -2.07. The number of hydrogen-bond donors (Lipinski definition) is 0. The second kappa shape index (κ2) is 6.80. The predicted molar refractivity (Wildman–Crippen MR) is 60.6 cm³/mol. The molecule has 0 spiro atoms. The van der Waals surface area contributed by atoms with Crippen molar-refractivity contribution < 1.29 is 19.0 Å². The van der Waals surface area contributed by atoms with Crippen molar-refractivity contribution in [1.82, 2.24) is 9.97 Å². The van der Waals surface area contributed by atoms with E-state index in [1.165, 1.54) is 20.4 Å². The number of rotatable bonds is 7. The molecule has 94 valence electrons. The van der Waals surface area contributed by atoms with Crippen LogP contribution in [0.2, 0.25) is 0 Å². The topological polar surface area (TPSA) is 70.5 Å². The molecule has 1 aromatic rings. The maximum absolute atomic E-state index is 11.8. The zero-order chi connectivity index (χ0) is 12.7. The summed E-state index contributed by atoms with van der Waals surface area (Å²) in [5, 5.41) is 0. The molecule has 0 saturated carbocycles. The fourth-order valence-corrected chi connectivity index (χ4v) is 1.22. The lowest BCUT2D eigenvalue weighted by atomic mass is 10.2. The molecule has 0 radical (unpaired) electrons. The Kier molecular flexibility index (Phi) is 5.35. The minimum atomic E-state index is -0.162. The van der Waals surface area contributed by atoms with Gasteiger partial charge >= 0.3 is 0 Å². The summed E-state index contributed by atoms with van der Waals surface area (Å²) in [4.78, 5) is 19.8. The summed E-state index contributed by atoms with van der Waals surface area (Å²) in [6.45, 7) is 2.82. The van der Waals surface area contributed by atoms with Crippen molar-refractivity contribution in [1.29, 1.82) is 0 Å². The number of Topliss-reactive ketones (excluding diaryl/α,β-unsaturated/α-hetero) is 1. The van der Waals surface area contributed by atoms with Crippen molar-refractivity contribution in [2.45, 2.75) is 13.3 Å². The highest BCUT2D eigenvalue weighted by molar-refractivity contribution is 5.96. The molecule has 17 heavy (non-hydrogen) atoms. The van der Waals surface area contributed by atoms with Gasteiger partial charge in [0.2, 0.25) is 11.8 Å². The van der Waals surface area contributed by atoms with E-state index in [1.807, 2.05) is 6.92 Å². The van der Waals surface area contributed by atoms with Crippen LogP contribution in [-0.4, -0.2) is 43.2 Å². The second-order valence-electron chi connectivity index (χ2n) is 3.14. The van der Waals surface area contributed by atoms with Gasteiger partial charge in [-0.3, -0.25) is 4.79 Å². The third kappa shape index (κ3) is 3.67. The normalized spacial score (nSPS) is 10.1. The average Bonchev–Trinajstić information content (AvgIpc) is 2.38. The molecule has 6 nitrogen and oxygen atoms in total. The quantitative estimate of drug-likeness (QED) is 0.525. The molecule has 1 aromatic heterocycles. The van der Waals surface area contributed by atoms with E-state index in [-0.39, 0.29) is 23.8 Å². The minimum Gasteiger partial charge on any atom is -0.480 e. The molecule has 0 aliphatic carbocycles. The number of ether oxygens (including phenoxy) is 3. The molecular formula is C11H16N2O4.